The van der Waals surface area contributed by atoms with E-state index >= 15 is 0 Å². The number of primary amides is 1. The van der Waals surface area contributed by atoms with Crippen molar-refractivity contribution in [3.63, 3.8) is 0 Å². The SMILES string of the molecule is Cc1c(C)c(C)c(S(=O)(=O)N2CCN(C(=O)c3ccc(CNC(N)=O)cc3)CC2)c(C)c1C. The van der Waals surface area contributed by atoms with Crippen molar-refractivity contribution in [3.8, 4) is 0 Å². The Morgan fingerprint density at radius 1 is 0.848 bits per heavy atom. The number of nitrogens with two attached hydrogens (primary N) is 1. The molecule has 0 aromatic heterocycles. The molecule has 0 saturated carbocycles. The third-order valence-corrected chi connectivity index (χ3v) is 8.90. The van der Waals surface area contributed by atoms with Crippen LogP contribution in [0.25, 0.3) is 0 Å². The molecule has 1 aliphatic rings. The second-order valence-corrected chi connectivity index (χ2v) is 10.4. The Labute approximate surface area is 195 Å². The molecule has 0 bridgehead atoms. The van der Waals surface area contributed by atoms with Gasteiger partial charge in [-0.1, -0.05) is 12.1 Å². The van der Waals surface area contributed by atoms with E-state index in [1.54, 1.807) is 29.2 Å². The molecule has 2 aromatic rings. The number of benzene rings is 2. The molecular formula is C24H32N4O4S. The highest BCUT2D eigenvalue weighted by Crippen LogP contribution is 2.32. The van der Waals surface area contributed by atoms with Crippen LogP contribution in [0, 0.1) is 34.6 Å². The molecule has 178 valence electrons. The Balaban J connectivity index is 1.72. The average molecular weight is 473 g/mol. The van der Waals surface area contributed by atoms with Gasteiger partial charge >= 0.3 is 6.03 Å². The van der Waals surface area contributed by atoms with E-state index in [1.807, 2.05) is 34.6 Å². The number of carbonyl (C=O) groups excluding carboxylic acids is 2. The normalized spacial score (nSPS) is 14.9. The quantitative estimate of drug-likeness (QED) is 0.696. The Kier molecular flexibility index (Phi) is 7.14. The Hall–Kier alpha value is -2.91. The average Bonchev–Trinajstić information content (AvgIpc) is 2.80. The number of nitrogens with one attached hydrogen (secondary N) is 1. The minimum atomic E-state index is -3.67. The number of hydrogen-bond acceptors (Lipinski definition) is 4. The summed E-state index contributed by atoms with van der Waals surface area (Å²) in [5.74, 6) is -0.143. The van der Waals surface area contributed by atoms with Crippen LogP contribution < -0.4 is 11.1 Å². The molecule has 0 unspecified atom stereocenters. The molecule has 2 aromatic carbocycles. The second kappa shape index (κ2) is 9.52. The van der Waals surface area contributed by atoms with Crippen molar-refractivity contribution in [1.29, 1.82) is 0 Å². The van der Waals surface area contributed by atoms with Gasteiger partial charge in [-0.3, -0.25) is 4.79 Å². The largest absolute Gasteiger partial charge is 0.352 e. The van der Waals surface area contributed by atoms with Gasteiger partial charge in [0.2, 0.25) is 10.0 Å². The summed E-state index contributed by atoms with van der Waals surface area (Å²) in [6.45, 7) is 11.1. The maximum absolute atomic E-state index is 13.5. The van der Waals surface area contributed by atoms with Crippen molar-refractivity contribution in [2.24, 2.45) is 5.73 Å². The van der Waals surface area contributed by atoms with Crippen molar-refractivity contribution < 1.29 is 18.0 Å². The molecule has 3 N–H and O–H groups in total. The van der Waals surface area contributed by atoms with Crippen molar-refractivity contribution in [1.82, 2.24) is 14.5 Å². The number of hydrogen-bond donors (Lipinski definition) is 2. The molecule has 33 heavy (non-hydrogen) atoms. The first-order valence-corrected chi connectivity index (χ1v) is 12.4. The third-order valence-electron chi connectivity index (χ3n) is 6.72. The van der Waals surface area contributed by atoms with Gasteiger partial charge in [0.15, 0.2) is 0 Å². The molecule has 0 atom stereocenters. The summed E-state index contributed by atoms with van der Waals surface area (Å²) in [6.07, 6.45) is 0. The monoisotopic (exact) mass is 472 g/mol. The summed E-state index contributed by atoms with van der Waals surface area (Å²) in [4.78, 5) is 25.8. The summed E-state index contributed by atoms with van der Waals surface area (Å²) in [5.41, 5.74) is 11.1. The molecule has 3 rings (SSSR count). The molecule has 0 spiro atoms. The fourth-order valence-electron chi connectivity index (χ4n) is 4.25. The van der Waals surface area contributed by atoms with Crippen LogP contribution in [0.5, 0.6) is 0 Å². The summed E-state index contributed by atoms with van der Waals surface area (Å²) in [6, 6.07) is 6.32. The summed E-state index contributed by atoms with van der Waals surface area (Å²) < 4.78 is 28.5. The lowest BCUT2D eigenvalue weighted by atomic mass is 9.95. The van der Waals surface area contributed by atoms with Gasteiger partial charge in [0, 0.05) is 38.3 Å². The van der Waals surface area contributed by atoms with E-state index in [0.29, 0.717) is 23.5 Å². The Morgan fingerprint density at radius 3 is 1.82 bits per heavy atom. The molecule has 3 amide bonds. The lowest BCUT2D eigenvalue weighted by Crippen LogP contribution is -2.50. The summed E-state index contributed by atoms with van der Waals surface area (Å²) >= 11 is 0. The molecule has 0 radical (unpaired) electrons. The first kappa shape index (κ1) is 24.7. The Bertz CT molecular complexity index is 1150. The number of amides is 3. The highest BCUT2D eigenvalue weighted by Gasteiger charge is 2.33. The molecule has 9 heteroatoms. The standard InChI is InChI=1S/C24H32N4O4S/c1-15-16(2)18(4)22(19(5)17(15)3)33(31,32)28-12-10-27(11-13-28)23(29)21-8-6-20(7-9-21)14-26-24(25)30/h6-9H,10-14H2,1-5H3,(H3,25,26,30). The molecule has 1 heterocycles. The number of sulfonamides is 1. The zero-order valence-electron chi connectivity index (χ0n) is 19.9. The van der Waals surface area contributed by atoms with E-state index in [-0.39, 0.29) is 25.5 Å². The van der Waals surface area contributed by atoms with Crippen LogP contribution in [0.3, 0.4) is 0 Å². The minimum absolute atomic E-state index is 0.143. The smallest absolute Gasteiger partial charge is 0.312 e. The fourth-order valence-corrected chi connectivity index (χ4v) is 6.23. The predicted octanol–water partition coefficient (Wildman–Crippen LogP) is 2.54. The first-order chi connectivity index (χ1) is 15.4. The summed E-state index contributed by atoms with van der Waals surface area (Å²) in [7, 11) is -3.67. The van der Waals surface area contributed by atoms with Gasteiger partial charge in [-0.05, 0) is 80.1 Å². The first-order valence-electron chi connectivity index (χ1n) is 10.9. The van der Waals surface area contributed by atoms with Crippen LogP contribution >= 0.6 is 0 Å². The topological polar surface area (TPSA) is 113 Å². The van der Waals surface area contributed by atoms with Crippen LogP contribution in [0.15, 0.2) is 29.2 Å². The van der Waals surface area contributed by atoms with Gasteiger partial charge in [0.1, 0.15) is 0 Å². The van der Waals surface area contributed by atoms with Crippen molar-refractivity contribution >= 4 is 22.0 Å². The minimum Gasteiger partial charge on any atom is -0.352 e. The van der Waals surface area contributed by atoms with E-state index in [9.17, 15) is 18.0 Å². The van der Waals surface area contributed by atoms with Gasteiger partial charge in [-0.15, -0.1) is 0 Å². The number of rotatable bonds is 5. The molecule has 0 aliphatic carbocycles. The number of nitrogens with zero attached hydrogens (tertiary/aromatic N) is 2. The van der Waals surface area contributed by atoms with Gasteiger partial charge in [0.05, 0.1) is 4.90 Å². The zero-order valence-corrected chi connectivity index (χ0v) is 20.7. The van der Waals surface area contributed by atoms with E-state index in [0.717, 1.165) is 33.4 Å². The van der Waals surface area contributed by atoms with Crippen LogP contribution in [0.2, 0.25) is 0 Å². The number of piperazine rings is 1. The van der Waals surface area contributed by atoms with Gasteiger partial charge in [0.25, 0.3) is 5.91 Å². The second-order valence-electron chi connectivity index (χ2n) is 8.57. The van der Waals surface area contributed by atoms with E-state index in [4.69, 9.17) is 5.73 Å². The fraction of sp³-hybridized carbons (Fsp3) is 0.417. The van der Waals surface area contributed by atoms with Gasteiger partial charge < -0.3 is 16.0 Å². The highest BCUT2D eigenvalue weighted by molar-refractivity contribution is 7.89. The van der Waals surface area contributed by atoms with Gasteiger partial charge in [-0.2, -0.15) is 4.31 Å². The van der Waals surface area contributed by atoms with Crippen molar-refractivity contribution in [3.05, 3.63) is 63.2 Å². The van der Waals surface area contributed by atoms with Crippen molar-refractivity contribution in [2.75, 3.05) is 26.2 Å². The zero-order chi connectivity index (χ0) is 24.5. The molecular weight excluding hydrogens is 440 g/mol. The van der Waals surface area contributed by atoms with Crippen LogP contribution in [0.1, 0.15) is 43.7 Å². The molecule has 1 fully saturated rings. The van der Waals surface area contributed by atoms with E-state index < -0.39 is 16.1 Å². The maximum Gasteiger partial charge on any atom is 0.312 e. The lowest BCUT2D eigenvalue weighted by Gasteiger charge is -2.35. The number of urea groups is 1. The van der Waals surface area contributed by atoms with Crippen molar-refractivity contribution in [2.45, 2.75) is 46.1 Å². The summed E-state index contributed by atoms with van der Waals surface area (Å²) in [5, 5.41) is 2.51. The molecule has 8 nitrogen and oxygen atoms in total. The van der Waals surface area contributed by atoms with Crippen LogP contribution in [-0.4, -0.2) is 55.7 Å². The van der Waals surface area contributed by atoms with Crippen LogP contribution in [-0.2, 0) is 16.6 Å². The third kappa shape index (κ3) is 4.89. The molecule has 1 saturated heterocycles. The van der Waals surface area contributed by atoms with E-state index in [1.165, 1.54) is 4.31 Å². The molecule has 1 aliphatic heterocycles. The number of carbonyl (C=O) groups is 2. The van der Waals surface area contributed by atoms with Gasteiger partial charge in [-0.25, -0.2) is 13.2 Å². The lowest BCUT2D eigenvalue weighted by molar-refractivity contribution is 0.0698. The van der Waals surface area contributed by atoms with E-state index in [2.05, 4.69) is 5.32 Å². The van der Waals surface area contributed by atoms with Crippen LogP contribution in [0.4, 0.5) is 4.79 Å². The highest BCUT2D eigenvalue weighted by atomic mass is 32.2. The maximum atomic E-state index is 13.5. The predicted molar refractivity (Wildman–Crippen MR) is 128 cm³/mol. The Morgan fingerprint density at radius 2 is 1.33 bits per heavy atom.